The lowest BCUT2D eigenvalue weighted by Crippen LogP contribution is -2.21. The van der Waals surface area contributed by atoms with Crippen LogP contribution in [-0.2, 0) is 6.54 Å². The molecule has 0 saturated heterocycles. The van der Waals surface area contributed by atoms with E-state index in [-0.39, 0.29) is 5.75 Å². The fraction of sp³-hybridized carbons (Fsp3) is 0.214. The standard InChI is InChI=1S/C14H14F2N2O/c15-11-4-5-14(13(16)9-11)19-8-7-17-10-12-3-1-2-6-18-12/h1-6,9,17H,7-8,10H2. The van der Waals surface area contributed by atoms with Gasteiger partial charge in [0.25, 0.3) is 0 Å². The number of rotatable bonds is 6. The summed E-state index contributed by atoms with van der Waals surface area (Å²) in [5, 5.41) is 3.12. The maximum Gasteiger partial charge on any atom is 0.167 e. The molecule has 1 heterocycles. The van der Waals surface area contributed by atoms with E-state index < -0.39 is 11.6 Å². The van der Waals surface area contributed by atoms with Crippen molar-refractivity contribution < 1.29 is 13.5 Å². The van der Waals surface area contributed by atoms with Crippen LogP contribution in [0, 0.1) is 11.6 Å². The molecule has 5 heteroatoms. The molecule has 0 unspecified atom stereocenters. The Morgan fingerprint density at radius 2 is 2.05 bits per heavy atom. The topological polar surface area (TPSA) is 34.1 Å². The Hall–Kier alpha value is -2.01. The van der Waals surface area contributed by atoms with Crippen LogP contribution in [0.2, 0.25) is 0 Å². The molecule has 0 amide bonds. The Kier molecular flexibility index (Phi) is 4.80. The number of ether oxygens (including phenoxy) is 1. The van der Waals surface area contributed by atoms with E-state index >= 15 is 0 Å². The molecular formula is C14H14F2N2O. The molecule has 0 atom stereocenters. The highest BCUT2D eigenvalue weighted by Crippen LogP contribution is 2.17. The van der Waals surface area contributed by atoms with Gasteiger partial charge in [-0.2, -0.15) is 0 Å². The SMILES string of the molecule is Fc1ccc(OCCNCc2ccccn2)c(F)c1. The summed E-state index contributed by atoms with van der Waals surface area (Å²) in [7, 11) is 0. The second kappa shape index (κ2) is 6.80. The second-order valence-electron chi connectivity index (χ2n) is 3.92. The fourth-order valence-corrected chi connectivity index (χ4v) is 1.54. The van der Waals surface area contributed by atoms with Gasteiger partial charge in [-0.05, 0) is 24.3 Å². The molecule has 2 aromatic rings. The van der Waals surface area contributed by atoms with Crippen molar-refractivity contribution in [3.8, 4) is 5.75 Å². The van der Waals surface area contributed by atoms with E-state index in [1.165, 1.54) is 12.1 Å². The van der Waals surface area contributed by atoms with Gasteiger partial charge >= 0.3 is 0 Å². The van der Waals surface area contributed by atoms with Crippen LogP contribution >= 0.6 is 0 Å². The Bertz CT molecular complexity index is 520. The average Bonchev–Trinajstić information content (AvgIpc) is 2.42. The minimum absolute atomic E-state index is 0.0565. The van der Waals surface area contributed by atoms with Gasteiger partial charge in [0.1, 0.15) is 12.4 Å². The van der Waals surface area contributed by atoms with Gasteiger partial charge in [0.15, 0.2) is 11.6 Å². The summed E-state index contributed by atoms with van der Waals surface area (Å²) >= 11 is 0. The molecule has 0 aliphatic carbocycles. The molecule has 100 valence electrons. The average molecular weight is 264 g/mol. The molecule has 0 bridgehead atoms. The molecule has 0 aliphatic heterocycles. The summed E-state index contributed by atoms with van der Waals surface area (Å²) in [6.07, 6.45) is 1.72. The van der Waals surface area contributed by atoms with Crippen molar-refractivity contribution >= 4 is 0 Å². The zero-order chi connectivity index (χ0) is 13.5. The van der Waals surface area contributed by atoms with Gasteiger partial charge in [0.2, 0.25) is 0 Å². The third-order valence-corrected chi connectivity index (χ3v) is 2.46. The number of hydrogen-bond acceptors (Lipinski definition) is 3. The third-order valence-electron chi connectivity index (χ3n) is 2.46. The number of nitrogens with one attached hydrogen (secondary N) is 1. The lowest BCUT2D eigenvalue weighted by molar-refractivity contribution is 0.297. The van der Waals surface area contributed by atoms with Crippen molar-refractivity contribution in [1.29, 1.82) is 0 Å². The zero-order valence-corrected chi connectivity index (χ0v) is 10.3. The van der Waals surface area contributed by atoms with Crippen molar-refractivity contribution in [2.75, 3.05) is 13.2 Å². The maximum atomic E-state index is 13.2. The summed E-state index contributed by atoms with van der Waals surface area (Å²) in [6, 6.07) is 8.92. The van der Waals surface area contributed by atoms with Gasteiger partial charge < -0.3 is 10.1 Å². The monoisotopic (exact) mass is 264 g/mol. The molecular weight excluding hydrogens is 250 g/mol. The zero-order valence-electron chi connectivity index (χ0n) is 10.3. The van der Waals surface area contributed by atoms with Crippen LogP contribution in [-0.4, -0.2) is 18.1 Å². The smallest absolute Gasteiger partial charge is 0.167 e. The summed E-state index contributed by atoms with van der Waals surface area (Å²) in [6.45, 7) is 1.47. The van der Waals surface area contributed by atoms with Gasteiger partial charge in [-0.25, -0.2) is 8.78 Å². The highest BCUT2D eigenvalue weighted by Gasteiger charge is 2.04. The largest absolute Gasteiger partial charge is 0.489 e. The van der Waals surface area contributed by atoms with E-state index in [1.54, 1.807) is 6.20 Å². The lowest BCUT2D eigenvalue weighted by Gasteiger charge is -2.08. The van der Waals surface area contributed by atoms with Crippen LogP contribution in [0.3, 0.4) is 0 Å². The van der Waals surface area contributed by atoms with E-state index in [1.807, 2.05) is 18.2 Å². The van der Waals surface area contributed by atoms with E-state index in [2.05, 4.69) is 10.3 Å². The van der Waals surface area contributed by atoms with Crippen molar-refractivity contribution in [1.82, 2.24) is 10.3 Å². The predicted octanol–water partition coefficient (Wildman–Crippen LogP) is 2.53. The molecule has 2 rings (SSSR count). The quantitative estimate of drug-likeness (QED) is 0.814. The van der Waals surface area contributed by atoms with Crippen molar-refractivity contribution in [3.63, 3.8) is 0 Å². The molecule has 3 nitrogen and oxygen atoms in total. The van der Waals surface area contributed by atoms with Gasteiger partial charge in [-0.1, -0.05) is 6.07 Å². The highest BCUT2D eigenvalue weighted by atomic mass is 19.1. The van der Waals surface area contributed by atoms with Gasteiger partial charge in [0, 0.05) is 25.4 Å². The molecule has 1 aromatic carbocycles. The number of nitrogens with zero attached hydrogens (tertiary/aromatic N) is 1. The summed E-state index contributed by atoms with van der Waals surface area (Å²) in [5.41, 5.74) is 0.926. The van der Waals surface area contributed by atoms with E-state index in [9.17, 15) is 8.78 Å². The molecule has 19 heavy (non-hydrogen) atoms. The van der Waals surface area contributed by atoms with E-state index in [4.69, 9.17) is 4.74 Å². The van der Waals surface area contributed by atoms with Crippen LogP contribution in [0.5, 0.6) is 5.75 Å². The number of hydrogen-bond donors (Lipinski definition) is 1. The molecule has 0 spiro atoms. The number of halogens is 2. The fourth-order valence-electron chi connectivity index (χ4n) is 1.54. The van der Waals surface area contributed by atoms with Gasteiger partial charge in [-0.3, -0.25) is 4.98 Å². The molecule has 0 fully saturated rings. The minimum Gasteiger partial charge on any atom is -0.489 e. The van der Waals surface area contributed by atoms with Crippen LogP contribution in [0.25, 0.3) is 0 Å². The van der Waals surface area contributed by atoms with Crippen molar-refractivity contribution in [2.45, 2.75) is 6.54 Å². The van der Waals surface area contributed by atoms with Crippen LogP contribution in [0.15, 0.2) is 42.6 Å². The van der Waals surface area contributed by atoms with Crippen LogP contribution in [0.4, 0.5) is 8.78 Å². The first kappa shape index (κ1) is 13.4. The second-order valence-corrected chi connectivity index (χ2v) is 3.92. The normalized spacial score (nSPS) is 10.4. The van der Waals surface area contributed by atoms with Gasteiger partial charge in [0.05, 0.1) is 5.69 Å². The number of pyridine rings is 1. The molecule has 1 N–H and O–H groups in total. The molecule has 0 radical (unpaired) electrons. The Balaban J connectivity index is 1.69. The Morgan fingerprint density at radius 1 is 1.16 bits per heavy atom. The predicted molar refractivity (Wildman–Crippen MR) is 67.8 cm³/mol. The first-order valence-corrected chi connectivity index (χ1v) is 5.94. The Labute approximate surface area is 110 Å². The first-order chi connectivity index (χ1) is 9.25. The molecule has 0 aliphatic rings. The molecule has 0 saturated carbocycles. The first-order valence-electron chi connectivity index (χ1n) is 5.94. The lowest BCUT2D eigenvalue weighted by atomic mass is 10.3. The number of aromatic nitrogens is 1. The van der Waals surface area contributed by atoms with Crippen molar-refractivity contribution in [3.05, 3.63) is 59.9 Å². The summed E-state index contributed by atoms with van der Waals surface area (Å²) in [4.78, 5) is 4.15. The van der Waals surface area contributed by atoms with E-state index in [0.717, 1.165) is 11.8 Å². The highest BCUT2D eigenvalue weighted by molar-refractivity contribution is 5.24. The Morgan fingerprint density at radius 3 is 2.79 bits per heavy atom. The third kappa shape index (κ3) is 4.30. The molecule has 1 aromatic heterocycles. The number of benzene rings is 1. The summed E-state index contributed by atoms with van der Waals surface area (Å²) < 4.78 is 31.1. The van der Waals surface area contributed by atoms with E-state index in [0.29, 0.717) is 19.7 Å². The summed E-state index contributed by atoms with van der Waals surface area (Å²) in [5.74, 6) is -1.25. The van der Waals surface area contributed by atoms with Crippen LogP contribution < -0.4 is 10.1 Å². The van der Waals surface area contributed by atoms with Crippen LogP contribution in [0.1, 0.15) is 5.69 Å². The minimum atomic E-state index is -0.690. The maximum absolute atomic E-state index is 13.2. The van der Waals surface area contributed by atoms with Gasteiger partial charge in [-0.15, -0.1) is 0 Å². The van der Waals surface area contributed by atoms with Crippen molar-refractivity contribution in [2.24, 2.45) is 0 Å².